The van der Waals surface area contributed by atoms with Crippen LogP contribution in [0.5, 0.6) is 0 Å². The van der Waals surface area contributed by atoms with Crippen LogP contribution in [0.25, 0.3) is 5.65 Å². The van der Waals surface area contributed by atoms with Crippen LogP contribution in [-0.4, -0.2) is 30.3 Å². The van der Waals surface area contributed by atoms with E-state index in [-0.39, 0.29) is 28.0 Å². The van der Waals surface area contributed by atoms with Crippen molar-refractivity contribution in [2.75, 3.05) is 5.32 Å². The topological polar surface area (TPSA) is 77.1 Å². The summed E-state index contributed by atoms with van der Waals surface area (Å²) in [6.45, 7) is 1.67. The molecular weight excluding hydrogens is 520 g/mol. The summed E-state index contributed by atoms with van der Waals surface area (Å²) in [4.78, 5) is 16.7. The first-order valence-corrected chi connectivity index (χ1v) is 10.1. The third-order valence-electron chi connectivity index (χ3n) is 4.37. The second-order valence-electron chi connectivity index (χ2n) is 6.78. The lowest BCUT2D eigenvalue weighted by molar-refractivity contribution is -0.142. The van der Waals surface area contributed by atoms with Gasteiger partial charge in [0.05, 0.1) is 11.0 Å². The van der Waals surface area contributed by atoms with Gasteiger partial charge in [-0.15, -0.1) is 0 Å². The summed E-state index contributed by atoms with van der Waals surface area (Å²) >= 11 is 9.40. The maximum absolute atomic E-state index is 13.4. The van der Waals surface area contributed by atoms with Gasteiger partial charge >= 0.3 is 6.18 Å². The van der Waals surface area contributed by atoms with Gasteiger partial charge in [0.1, 0.15) is 16.5 Å². The van der Waals surface area contributed by atoms with Crippen molar-refractivity contribution in [3.05, 3.63) is 74.5 Å². The highest BCUT2D eigenvalue weighted by atomic mass is 79.9. The van der Waals surface area contributed by atoms with Crippen molar-refractivity contribution in [1.82, 2.24) is 24.4 Å². The number of aryl methyl sites for hydroxylation is 1. The number of benzene rings is 1. The molecule has 32 heavy (non-hydrogen) atoms. The number of amides is 1. The predicted molar refractivity (Wildman–Crippen MR) is 111 cm³/mol. The van der Waals surface area contributed by atoms with Gasteiger partial charge in [-0.05, 0) is 46.6 Å². The van der Waals surface area contributed by atoms with Gasteiger partial charge in [-0.3, -0.25) is 9.48 Å². The summed E-state index contributed by atoms with van der Waals surface area (Å²) in [6, 6.07) is 6.62. The standard InChI is InChI=1S/C19H12BrClF4N6O/c1-9-6-13(19(23,24)25)31-17(26-9)14(21)15(28-31)18(32)27-16-12(20)8-30(29-16)7-10-2-4-11(22)5-3-10/h2-6,8H,7H2,1H3,(H,27,29,32). The van der Waals surface area contributed by atoms with Crippen molar-refractivity contribution in [2.45, 2.75) is 19.6 Å². The maximum atomic E-state index is 13.4. The number of alkyl halides is 3. The molecule has 0 saturated carbocycles. The number of nitrogens with zero attached hydrogens (tertiary/aromatic N) is 5. The average molecular weight is 532 g/mol. The lowest BCUT2D eigenvalue weighted by Crippen LogP contribution is -2.16. The first-order valence-electron chi connectivity index (χ1n) is 8.95. The van der Waals surface area contributed by atoms with E-state index in [1.165, 1.54) is 23.7 Å². The second-order valence-corrected chi connectivity index (χ2v) is 8.01. The third-order valence-corrected chi connectivity index (χ3v) is 5.30. The number of aromatic nitrogens is 5. The minimum atomic E-state index is -4.72. The quantitative estimate of drug-likeness (QED) is 0.372. The lowest BCUT2D eigenvalue weighted by Gasteiger charge is -2.09. The predicted octanol–water partition coefficient (Wildman–Crippen LogP) is 5.11. The van der Waals surface area contributed by atoms with Crippen molar-refractivity contribution >= 4 is 44.9 Å². The molecule has 1 aromatic carbocycles. The number of hydrogen-bond donors (Lipinski definition) is 1. The molecule has 3 heterocycles. The first-order chi connectivity index (χ1) is 15.0. The Kier molecular flexibility index (Phi) is 5.67. The molecule has 0 aliphatic heterocycles. The Morgan fingerprint density at radius 1 is 1.22 bits per heavy atom. The molecule has 0 fully saturated rings. The fraction of sp³-hybridized carbons (Fsp3) is 0.158. The first kappa shape index (κ1) is 22.2. The smallest absolute Gasteiger partial charge is 0.303 e. The zero-order valence-corrected chi connectivity index (χ0v) is 18.4. The van der Waals surface area contributed by atoms with Gasteiger partial charge in [0.15, 0.2) is 17.2 Å². The lowest BCUT2D eigenvalue weighted by atomic mass is 10.2. The molecule has 4 rings (SSSR count). The molecule has 0 spiro atoms. The van der Waals surface area contributed by atoms with E-state index in [1.54, 1.807) is 18.3 Å². The van der Waals surface area contributed by atoms with Gasteiger partial charge < -0.3 is 5.32 Å². The number of hydrogen-bond acceptors (Lipinski definition) is 4. The molecule has 1 amide bonds. The molecule has 0 aliphatic carbocycles. The van der Waals surface area contributed by atoms with E-state index in [0.717, 1.165) is 11.6 Å². The van der Waals surface area contributed by atoms with Gasteiger partial charge in [-0.2, -0.15) is 23.4 Å². The Morgan fingerprint density at radius 2 is 1.91 bits per heavy atom. The molecule has 3 aromatic heterocycles. The van der Waals surface area contributed by atoms with Crippen LogP contribution in [0.4, 0.5) is 23.4 Å². The molecular formula is C19H12BrClF4N6O. The summed E-state index contributed by atoms with van der Waals surface area (Å²) in [5, 5.41) is 10.1. The van der Waals surface area contributed by atoms with E-state index >= 15 is 0 Å². The summed E-state index contributed by atoms with van der Waals surface area (Å²) in [6.07, 6.45) is -3.14. The highest BCUT2D eigenvalue weighted by molar-refractivity contribution is 9.10. The van der Waals surface area contributed by atoms with Crippen LogP contribution >= 0.6 is 27.5 Å². The molecule has 0 radical (unpaired) electrons. The molecule has 0 aliphatic rings. The second kappa shape index (κ2) is 8.17. The summed E-state index contributed by atoms with van der Waals surface area (Å²) in [7, 11) is 0. The number of carbonyl (C=O) groups is 1. The molecule has 0 bridgehead atoms. The van der Waals surface area contributed by atoms with Gasteiger partial charge in [-0.1, -0.05) is 23.7 Å². The van der Waals surface area contributed by atoms with Crippen LogP contribution in [-0.2, 0) is 12.7 Å². The van der Waals surface area contributed by atoms with Crippen molar-refractivity contribution in [1.29, 1.82) is 0 Å². The van der Waals surface area contributed by atoms with Crippen LogP contribution in [0.3, 0.4) is 0 Å². The molecule has 1 N–H and O–H groups in total. The van der Waals surface area contributed by atoms with Crippen LogP contribution in [0, 0.1) is 12.7 Å². The highest BCUT2D eigenvalue weighted by Gasteiger charge is 2.36. The average Bonchev–Trinajstić information content (AvgIpc) is 3.22. The zero-order chi connectivity index (χ0) is 23.2. The number of rotatable bonds is 4. The Morgan fingerprint density at radius 3 is 2.56 bits per heavy atom. The number of halogens is 6. The highest BCUT2D eigenvalue weighted by Crippen LogP contribution is 2.32. The molecule has 0 atom stereocenters. The van der Waals surface area contributed by atoms with E-state index in [4.69, 9.17) is 11.6 Å². The zero-order valence-electron chi connectivity index (χ0n) is 16.1. The van der Waals surface area contributed by atoms with Gasteiger partial charge in [-0.25, -0.2) is 13.9 Å². The normalized spacial score (nSPS) is 11.8. The van der Waals surface area contributed by atoms with Crippen molar-refractivity contribution in [3.63, 3.8) is 0 Å². The van der Waals surface area contributed by atoms with Crippen molar-refractivity contribution in [2.24, 2.45) is 0 Å². The molecule has 0 unspecified atom stereocenters. The van der Waals surface area contributed by atoms with E-state index in [9.17, 15) is 22.4 Å². The van der Waals surface area contributed by atoms with Gasteiger partial charge in [0.25, 0.3) is 5.91 Å². The number of fused-ring (bicyclic) bond motifs is 1. The number of anilines is 1. The minimum absolute atomic E-state index is 0.0702. The fourth-order valence-corrected chi connectivity index (χ4v) is 3.63. The molecule has 13 heteroatoms. The molecule has 7 nitrogen and oxygen atoms in total. The number of nitrogens with one attached hydrogen (secondary N) is 1. The minimum Gasteiger partial charge on any atom is -0.303 e. The summed E-state index contributed by atoms with van der Waals surface area (Å²) in [5.74, 6) is -1.13. The van der Waals surface area contributed by atoms with Gasteiger partial charge in [0, 0.05) is 11.9 Å². The molecule has 0 saturated heterocycles. The SMILES string of the molecule is Cc1cc(C(F)(F)F)n2nc(C(=O)Nc3nn(Cc4ccc(F)cc4)cc3Br)c(Cl)c2n1. The monoisotopic (exact) mass is 530 g/mol. The van der Waals surface area contributed by atoms with Crippen LogP contribution in [0.2, 0.25) is 5.02 Å². The van der Waals surface area contributed by atoms with Crippen molar-refractivity contribution in [3.8, 4) is 0 Å². The molecule has 166 valence electrons. The maximum Gasteiger partial charge on any atom is 0.433 e. The Bertz CT molecular complexity index is 1330. The van der Waals surface area contributed by atoms with Crippen LogP contribution < -0.4 is 5.32 Å². The van der Waals surface area contributed by atoms with Crippen LogP contribution in [0.15, 0.2) is 41.0 Å². The van der Waals surface area contributed by atoms with Gasteiger partial charge in [0.2, 0.25) is 0 Å². The largest absolute Gasteiger partial charge is 0.433 e. The van der Waals surface area contributed by atoms with E-state index in [0.29, 0.717) is 15.5 Å². The van der Waals surface area contributed by atoms with Crippen LogP contribution in [0.1, 0.15) is 27.4 Å². The van der Waals surface area contributed by atoms with E-state index in [1.807, 2.05) is 0 Å². The Balaban J connectivity index is 1.62. The van der Waals surface area contributed by atoms with E-state index < -0.39 is 23.5 Å². The number of carbonyl (C=O) groups excluding carboxylic acids is 1. The summed E-state index contributed by atoms with van der Waals surface area (Å²) < 4.78 is 55.6. The van der Waals surface area contributed by atoms with Crippen molar-refractivity contribution < 1.29 is 22.4 Å². The fourth-order valence-electron chi connectivity index (χ4n) is 2.97. The summed E-state index contributed by atoms with van der Waals surface area (Å²) in [5.41, 5.74) is -0.990. The Hall–Kier alpha value is -2.99. The Labute approximate surface area is 191 Å². The van der Waals surface area contributed by atoms with E-state index in [2.05, 4.69) is 36.4 Å². The molecule has 4 aromatic rings. The third kappa shape index (κ3) is 4.32.